The van der Waals surface area contributed by atoms with Crippen LogP contribution in [0.2, 0.25) is 0 Å². The van der Waals surface area contributed by atoms with Crippen LogP contribution in [0, 0.1) is 13.8 Å². The van der Waals surface area contributed by atoms with E-state index in [0.717, 1.165) is 16.8 Å². The first kappa shape index (κ1) is 14.0. The highest BCUT2D eigenvalue weighted by atomic mass is 32.2. The standard InChI is InChI=1S/C15H25NOS/c1-10-9-13(12(3)17-10)11(2)16-14-7-5-6-8-15(14)18-4/h9,11,14-16H,5-8H2,1-4H3. The molecule has 1 heterocycles. The molecular weight excluding hydrogens is 242 g/mol. The lowest BCUT2D eigenvalue weighted by molar-refractivity contribution is 0.354. The molecule has 0 aromatic carbocycles. The number of aryl methyl sites for hydroxylation is 2. The molecule has 2 nitrogen and oxygen atoms in total. The van der Waals surface area contributed by atoms with Gasteiger partial charge in [-0.3, -0.25) is 0 Å². The molecule has 1 saturated carbocycles. The normalized spacial score (nSPS) is 26.2. The lowest BCUT2D eigenvalue weighted by Crippen LogP contribution is -2.41. The Hall–Kier alpha value is -0.410. The molecule has 18 heavy (non-hydrogen) atoms. The van der Waals surface area contributed by atoms with Gasteiger partial charge in [0, 0.05) is 22.9 Å². The zero-order chi connectivity index (χ0) is 13.1. The molecule has 0 bridgehead atoms. The first-order valence-corrected chi connectivity index (χ1v) is 8.26. The molecule has 0 amide bonds. The van der Waals surface area contributed by atoms with Crippen molar-refractivity contribution in [3.63, 3.8) is 0 Å². The third-order valence-electron chi connectivity index (χ3n) is 4.02. The van der Waals surface area contributed by atoms with Gasteiger partial charge in [-0.1, -0.05) is 12.8 Å². The predicted molar refractivity (Wildman–Crippen MR) is 79.3 cm³/mol. The van der Waals surface area contributed by atoms with Gasteiger partial charge < -0.3 is 9.73 Å². The molecule has 3 atom stereocenters. The first-order chi connectivity index (χ1) is 8.61. The summed E-state index contributed by atoms with van der Waals surface area (Å²) in [7, 11) is 0. The van der Waals surface area contributed by atoms with Gasteiger partial charge in [0.1, 0.15) is 11.5 Å². The van der Waals surface area contributed by atoms with Gasteiger partial charge >= 0.3 is 0 Å². The van der Waals surface area contributed by atoms with Crippen LogP contribution in [0.1, 0.15) is 55.7 Å². The van der Waals surface area contributed by atoms with E-state index in [-0.39, 0.29) is 0 Å². The smallest absolute Gasteiger partial charge is 0.105 e. The quantitative estimate of drug-likeness (QED) is 0.884. The Morgan fingerprint density at radius 1 is 1.33 bits per heavy atom. The maximum absolute atomic E-state index is 5.63. The summed E-state index contributed by atoms with van der Waals surface area (Å²) in [5, 5.41) is 4.58. The van der Waals surface area contributed by atoms with E-state index in [1.54, 1.807) is 0 Å². The summed E-state index contributed by atoms with van der Waals surface area (Å²) in [4.78, 5) is 0. The van der Waals surface area contributed by atoms with E-state index >= 15 is 0 Å². The van der Waals surface area contributed by atoms with Gasteiger partial charge in [-0.05, 0) is 45.9 Å². The number of hydrogen-bond acceptors (Lipinski definition) is 3. The number of rotatable bonds is 4. The van der Waals surface area contributed by atoms with Crippen molar-refractivity contribution in [2.45, 2.75) is 63.8 Å². The minimum atomic E-state index is 0.389. The molecule has 0 spiro atoms. The molecule has 1 aromatic rings. The van der Waals surface area contributed by atoms with E-state index in [2.05, 4.69) is 31.5 Å². The maximum atomic E-state index is 5.63. The van der Waals surface area contributed by atoms with Crippen molar-refractivity contribution in [1.82, 2.24) is 5.32 Å². The number of nitrogens with one attached hydrogen (secondary N) is 1. The summed E-state index contributed by atoms with van der Waals surface area (Å²) in [6.45, 7) is 6.34. The van der Waals surface area contributed by atoms with Gasteiger partial charge in [-0.2, -0.15) is 11.8 Å². The minimum Gasteiger partial charge on any atom is -0.466 e. The largest absolute Gasteiger partial charge is 0.466 e. The van der Waals surface area contributed by atoms with Crippen molar-refractivity contribution < 1.29 is 4.42 Å². The predicted octanol–water partition coefficient (Wildman–Crippen LogP) is 4.22. The lowest BCUT2D eigenvalue weighted by Gasteiger charge is -2.33. The van der Waals surface area contributed by atoms with Crippen molar-refractivity contribution in [1.29, 1.82) is 0 Å². The Balaban J connectivity index is 2.01. The summed E-state index contributed by atoms with van der Waals surface area (Å²) < 4.78 is 5.63. The van der Waals surface area contributed by atoms with Crippen molar-refractivity contribution in [3.8, 4) is 0 Å². The Kier molecular flexibility index (Phi) is 4.79. The Labute approximate surface area is 115 Å². The highest BCUT2D eigenvalue weighted by Crippen LogP contribution is 2.30. The lowest BCUT2D eigenvalue weighted by atomic mass is 9.93. The monoisotopic (exact) mass is 267 g/mol. The van der Waals surface area contributed by atoms with E-state index < -0.39 is 0 Å². The van der Waals surface area contributed by atoms with Crippen LogP contribution < -0.4 is 5.32 Å². The molecule has 3 unspecified atom stereocenters. The zero-order valence-electron chi connectivity index (χ0n) is 12.0. The summed E-state index contributed by atoms with van der Waals surface area (Å²) in [5.41, 5.74) is 1.32. The molecule has 1 aliphatic carbocycles. The van der Waals surface area contributed by atoms with E-state index in [0.29, 0.717) is 12.1 Å². The van der Waals surface area contributed by atoms with E-state index in [9.17, 15) is 0 Å². The van der Waals surface area contributed by atoms with Gasteiger partial charge in [-0.25, -0.2) is 0 Å². The molecule has 3 heteroatoms. The Morgan fingerprint density at radius 2 is 2.06 bits per heavy atom. The van der Waals surface area contributed by atoms with Crippen molar-refractivity contribution >= 4 is 11.8 Å². The summed E-state index contributed by atoms with van der Waals surface area (Å²) in [6, 6.07) is 3.21. The molecule has 1 N–H and O–H groups in total. The molecule has 1 aliphatic rings. The fourth-order valence-corrected chi connectivity index (χ4v) is 4.01. The van der Waals surface area contributed by atoms with Crippen LogP contribution in [0.4, 0.5) is 0 Å². The SMILES string of the molecule is CSC1CCCCC1NC(C)c1cc(C)oc1C. The summed E-state index contributed by atoms with van der Waals surface area (Å²) >= 11 is 2.01. The molecule has 0 aliphatic heterocycles. The number of hydrogen-bond donors (Lipinski definition) is 1. The van der Waals surface area contributed by atoms with Crippen LogP contribution in [0.15, 0.2) is 10.5 Å². The molecule has 1 fully saturated rings. The second kappa shape index (κ2) is 6.16. The third kappa shape index (κ3) is 3.12. The maximum Gasteiger partial charge on any atom is 0.105 e. The summed E-state index contributed by atoms with van der Waals surface area (Å²) in [5.74, 6) is 2.07. The molecule has 1 aromatic heterocycles. The van der Waals surface area contributed by atoms with Crippen molar-refractivity contribution in [2.24, 2.45) is 0 Å². The van der Waals surface area contributed by atoms with E-state index in [1.165, 1.54) is 31.2 Å². The van der Waals surface area contributed by atoms with E-state index in [1.807, 2.05) is 18.7 Å². The fraction of sp³-hybridized carbons (Fsp3) is 0.733. The van der Waals surface area contributed by atoms with Gasteiger partial charge in [0.2, 0.25) is 0 Å². The fourth-order valence-electron chi connectivity index (χ4n) is 3.06. The number of furan rings is 1. The number of thioether (sulfide) groups is 1. The molecule has 2 rings (SSSR count). The first-order valence-electron chi connectivity index (χ1n) is 6.97. The Morgan fingerprint density at radius 3 is 2.67 bits per heavy atom. The second-order valence-electron chi connectivity index (χ2n) is 5.42. The average Bonchev–Trinajstić information content (AvgIpc) is 2.69. The van der Waals surface area contributed by atoms with Crippen LogP contribution in [0.25, 0.3) is 0 Å². The third-order valence-corrected chi connectivity index (χ3v) is 5.18. The molecule has 102 valence electrons. The van der Waals surface area contributed by atoms with Gasteiger partial charge in [-0.15, -0.1) is 0 Å². The van der Waals surface area contributed by atoms with Crippen molar-refractivity contribution in [3.05, 3.63) is 23.2 Å². The average molecular weight is 267 g/mol. The molecular formula is C15H25NOS. The van der Waals surface area contributed by atoms with E-state index in [4.69, 9.17) is 4.42 Å². The van der Waals surface area contributed by atoms with Crippen LogP contribution in [0.3, 0.4) is 0 Å². The minimum absolute atomic E-state index is 0.389. The topological polar surface area (TPSA) is 25.2 Å². The molecule has 0 saturated heterocycles. The Bertz CT molecular complexity index is 388. The van der Waals surface area contributed by atoms with Crippen molar-refractivity contribution in [2.75, 3.05) is 6.26 Å². The van der Waals surface area contributed by atoms with Gasteiger partial charge in [0.25, 0.3) is 0 Å². The second-order valence-corrected chi connectivity index (χ2v) is 6.50. The highest BCUT2D eigenvalue weighted by molar-refractivity contribution is 7.99. The van der Waals surface area contributed by atoms with Crippen LogP contribution >= 0.6 is 11.8 Å². The molecule has 0 radical (unpaired) electrons. The zero-order valence-corrected chi connectivity index (χ0v) is 12.8. The highest BCUT2D eigenvalue weighted by Gasteiger charge is 2.26. The van der Waals surface area contributed by atoms with Crippen LogP contribution in [-0.4, -0.2) is 17.5 Å². The van der Waals surface area contributed by atoms with Crippen LogP contribution in [-0.2, 0) is 0 Å². The summed E-state index contributed by atoms with van der Waals surface area (Å²) in [6.07, 6.45) is 7.66. The van der Waals surface area contributed by atoms with Gasteiger partial charge in [0.05, 0.1) is 0 Å². The van der Waals surface area contributed by atoms with Gasteiger partial charge in [0.15, 0.2) is 0 Å². The van der Waals surface area contributed by atoms with Crippen LogP contribution in [0.5, 0.6) is 0 Å².